The smallest absolute Gasteiger partial charge is 0.0590 e. The molecule has 0 rings (SSSR count). The molecule has 0 atom stereocenters. The highest BCUT2D eigenvalue weighted by molar-refractivity contribution is 6.21. The summed E-state index contributed by atoms with van der Waals surface area (Å²) >= 11 is 6.53. The van der Waals surface area contributed by atoms with Gasteiger partial charge in [0.05, 0.1) is 5.38 Å². The minimum absolute atomic E-state index is 0.265. The van der Waals surface area contributed by atoms with Crippen molar-refractivity contribution in [1.29, 1.82) is 0 Å². The van der Waals surface area contributed by atoms with Crippen LogP contribution in [-0.2, 0) is 0 Å². The molecule has 0 aromatic rings. The van der Waals surface area contributed by atoms with Gasteiger partial charge in [-0.25, -0.2) is 0 Å². The molecule has 0 aliphatic carbocycles. The third kappa shape index (κ3) is 9.18. The molecule has 0 unspecified atom stereocenters. The first-order valence-corrected chi connectivity index (χ1v) is 8.20. The van der Waals surface area contributed by atoms with Crippen molar-refractivity contribution in [3.63, 3.8) is 0 Å². The van der Waals surface area contributed by atoms with E-state index in [1.165, 1.54) is 51.9 Å². The summed E-state index contributed by atoms with van der Waals surface area (Å²) in [6.45, 7) is 15.8. The molecular weight excluding hydrogens is 244 g/mol. The summed E-state index contributed by atoms with van der Waals surface area (Å²) in [4.78, 5) is 5.02. The van der Waals surface area contributed by atoms with Crippen LogP contribution >= 0.6 is 11.6 Å². The monoisotopic (exact) mass is 276 g/mol. The van der Waals surface area contributed by atoms with Crippen LogP contribution < -0.4 is 0 Å². The maximum atomic E-state index is 6.53. The van der Waals surface area contributed by atoms with Crippen LogP contribution in [0.25, 0.3) is 0 Å². The van der Waals surface area contributed by atoms with Crippen molar-refractivity contribution >= 4 is 11.6 Å². The summed E-state index contributed by atoms with van der Waals surface area (Å²) in [5.74, 6) is 0. The fourth-order valence-electron chi connectivity index (χ4n) is 2.47. The Hall–Kier alpha value is 0.210. The summed E-state index contributed by atoms with van der Waals surface area (Å²) in [6.07, 6.45) is 4.88. The second kappa shape index (κ2) is 12.3. The molecule has 110 valence electrons. The number of hydrogen-bond donors (Lipinski definition) is 0. The van der Waals surface area contributed by atoms with E-state index >= 15 is 0 Å². The van der Waals surface area contributed by atoms with Crippen molar-refractivity contribution < 1.29 is 0 Å². The van der Waals surface area contributed by atoms with E-state index in [1.807, 2.05) is 0 Å². The first kappa shape index (κ1) is 18.2. The van der Waals surface area contributed by atoms with E-state index in [1.54, 1.807) is 0 Å². The number of halogens is 1. The number of alkyl halides is 1. The zero-order valence-electron chi connectivity index (χ0n) is 12.9. The van der Waals surface area contributed by atoms with E-state index in [-0.39, 0.29) is 5.38 Å². The molecular formula is C15H33ClN2. The Morgan fingerprint density at radius 1 is 0.667 bits per heavy atom. The van der Waals surface area contributed by atoms with E-state index in [9.17, 15) is 0 Å². The molecule has 0 heterocycles. The van der Waals surface area contributed by atoms with E-state index in [0.29, 0.717) is 0 Å². The maximum absolute atomic E-state index is 6.53. The minimum atomic E-state index is 0.265. The molecule has 18 heavy (non-hydrogen) atoms. The largest absolute Gasteiger partial charge is 0.302 e. The standard InChI is InChI=1S/C15H33ClN2/c1-5-9-17(10-6-2)13-15(16)14-18(11-7-3)12-8-4/h15H,5-14H2,1-4H3. The highest BCUT2D eigenvalue weighted by Crippen LogP contribution is 2.06. The normalized spacial score (nSPS) is 12.0. The quantitative estimate of drug-likeness (QED) is 0.500. The highest BCUT2D eigenvalue weighted by atomic mass is 35.5. The van der Waals surface area contributed by atoms with Crippen molar-refractivity contribution in [2.75, 3.05) is 39.3 Å². The van der Waals surface area contributed by atoms with Gasteiger partial charge in [-0.3, -0.25) is 0 Å². The average Bonchev–Trinajstić information content (AvgIpc) is 2.30. The zero-order valence-corrected chi connectivity index (χ0v) is 13.7. The van der Waals surface area contributed by atoms with E-state index in [0.717, 1.165) is 13.1 Å². The van der Waals surface area contributed by atoms with Crippen LogP contribution in [0.5, 0.6) is 0 Å². The lowest BCUT2D eigenvalue weighted by Gasteiger charge is -2.28. The van der Waals surface area contributed by atoms with Crippen molar-refractivity contribution in [3.8, 4) is 0 Å². The summed E-state index contributed by atoms with van der Waals surface area (Å²) in [6, 6.07) is 0. The van der Waals surface area contributed by atoms with Gasteiger partial charge in [0, 0.05) is 13.1 Å². The molecule has 0 radical (unpaired) electrons. The second-order valence-corrected chi connectivity index (χ2v) is 5.82. The Kier molecular flexibility index (Phi) is 12.4. The van der Waals surface area contributed by atoms with Gasteiger partial charge in [-0.2, -0.15) is 0 Å². The second-order valence-electron chi connectivity index (χ2n) is 5.20. The fourth-order valence-corrected chi connectivity index (χ4v) is 2.86. The maximum Gasteiger partial charge on any atom is 0.0590 e. The molecule has 0 aromatic carbocycles. The number of rotatable bonds is 12. The van der Waals surface area contributed by atoms with Gasteiger partial charge in [0.15, 0.2) is 0 Å². The Balaban J connectivity index is 4.05. The highest BCUT2D eigenvalue weighted by Gasteiger charge is 2.14. The lowest BCUT2D eigenvalue weighted by atomic mass is 10.2. The van der Waals surface area contributed by atoms with Crippen LogP contribution in [0.4, 0.5) is 0 Å². The van der Waals surface area contributed by atoms with Gasteiger partial charge >= 0.3 is 0 Å². The van der Waals surface area contributed by atoms with Gasteiger partial charge in [-0.1, -0.05) is 27.7 Å². The van der Waals surface area contributed by atoms with Crippen molar-refractivity contribution in [2.24, 2.45) is 0 Å². The number of nitrogens with zero attached hydrogens (tertiary/aromatic N) is 2. The zero-order chi connectivity index (χ0) is 13.8. The predicted octanol–water partition coefficient (Wildman–Crippen LogP) is 3.84. The molecule has 0 aliphatic rings. The van der Waals surface area contributed by atoms with Crippen LogP contribution in [0.15, 0.2) is 0 Å². The van der Waals surface area contributed by atoms with Crippen LogP contribution in [0.1, 0.15) is 53.4 Å². The van der Waals surface area contributed by atoms with Crippen LogP contribution in [0, 0.1) is 0 Å². The van der Waals surface area contributed by atoms with Gasteiger partial charge in [-0.05, 0) is 51.9 Å². The first-order valence-electron chi connectivity index (χ1n) is 7.76. The molecule has 3 heteroatoms. The summed E-state index contributed by atoms with van der Waals surface area (Å²) in [7, 11) is 0. The van der Waals surface area contributed by atoms with Gasteiger partial charge in [0.1, 0.15) is 0 Å². The average molecular weight is 277 g/mol. The molecule has 0 N–H and O–H groups in total. The Bertz CT molecular complexity index is 146. The Morgan fingerprint density at radius 2 is 0.944 bits per heavy atom. The minimum Gasteiger partial charge on any atom is -0.302 e. The van der Waals surface area contributed by atoms with Gasteiger partial charge in [0.2, 0.25) is 0 Å². The summed E-state index contributed by atoms with van der Waals surface area (Å²) in [5, 5.41) is 0.265. The van der Waals surface area contributed by atoms with E-state index < -0.39 is 0 Å². The molecule has 0 bridgehead atoms. The van der Waals surface area contributed by atoms with Crippen LogP contribution in [0.2, 0.25) is 0 Å². The fraction of sp³-hybridized carbons (Fsp3) is 1.00. The van der Waals surface area contributed by atoms with Crippen molar-refractivity contribution in [2.45, 2.75) is 58.8 Å². The third-order valence-electron chi connectivity index (χ3n) is 3.07. The Morgan fingerprint density at radius 3 is 1.17 bits per heavy atom. The van der Waals surface area contributed by atoms with Crippen molar-refractivity contribution in [1.82, 2.24) is 9.80 Å². The predicted molar refractivity (Wildman–Crippen MR) is 83.7 cm³/mol. The van der Waals surface area contributed by atoms with Crippen molar-refractivity contribution in [3.05, 3.63) is 0 Å². The SMILES string of the molecule is CCCN(CCC)CC(Cl)CN(CCC)CCC. The topological polar surface area (TPSA) is 6.48 Å². The molecule has 0 saturated heterocycles. The lowest BCUT2D eigenvalue weighted by Crippen LogP contribution is -2.39. The third-order valence-corrected chi connectivity index (χ3v) is 3.35. The van der Waals surface area contributed by atoms with Crippen LogP contribution in [-0.4, -0.2) is 54.4 Å². The van der Waals surface area contributed by atoms with Gasteiger partial charge in [-0.15, -0.1) is 11.6 Å². The molecule has 0 aliphatic heterocycles. The van der Waals surface area contributed by atoms with Crippen LogP contribution in [0.3, 0.4) is 0 Å². The molecule has 2 nitrogen and oxygen atoms in total. The molecule has 0 amide bonds. The van der Waals surface area contributed by atoms with Gasteiger partial charge in [0.25, 0.3) is 0 Å². The van der Waals surface area contributed by atoms with E-state index in [4.69, 9.17) is 11.6 Å². The molecule has 0 fully saturated rings. The lowest BCUT2D eigenvalue weighted by molar-refractivity contribution is 0.229. The Labute approximate surface area is 120 Å². The first-order chi connectivity index (χ1) is 8.67. The summed E-state index contributed by atoms with van der Waals surface area (Å²) < 4.78 is 0. The molecule has 0 aromatic heterocycles. The molecule has 0 spiro atoms. The molecule has 0 saturated carbocycles. The van der Waals surface area contributed by atoms with E-state index in [2.05, 4.69) is 37.5 Å². The summed E-state index contributed by atoms with van der Waals surface area (Å²) in [5.41, 5.74) is 0. The number of hydrogen-bond acceptors (Lipinski definition) is 2. The van der Waals surface area contributed by atoms with Gasteiger partial charge < -0.3 is 9.80 Å².